The highest BCUT2D eigenvalue weighted by Crippen LogP contribution is 2.21. The average Bonchev–Trinajstić information content (AvgIpc) is 2.87. The van der Waals surface area contributed by atoms with Crippen LogP contribution in [0.15, 0.2) is 45.7 Å². The van der Waals surface area contributed by atoms with Crippen LogP contribution < -0.4 is 11.4 Å². The van der Waals surface area contributed by atoms with E-state index in [0.29, 0.717) is 5.69 Å². The molecule has 23 heavy (non-hydrogen) atoms. The van der Waals surface area contributed by atoms with Crippen LogP contribution in [0.3, 0.4) is 0 Å². The monoisotopic (exact) mass is 384 g/mol. The molecule has 0 atom stereocenters. The number of benzene rings is 1. The van der Waals surface area contributed by atoms with Gasteiger partial charge in [-0.25, -0.2) is 23.2 Å². The van der Waals surface area contributed by atoms with E-state index in [1.54, 1.807) is 12.1 Å². The lowest BCUT2D eigenvalue weighted by Gasteiger charge is -2.07. The van der Waals surface area contributed by atoms with Crippen molar-refractivity contribution in [2.75, 3.05) is 6.61 Å². The second-order valence-electron chi connectivity index (χ2n) is 4.70. The van der Waals surface area contributed by atoms with E-state index in [1.165, 1.54) is 10.9 Å². The second-order valence-corrected chi connectivity index (χ2v) is 5.55. The normalized spacial score (nSPS) is 11.5. The summed E-state index contributed by atoms with van der Waals surface area (Å²) in [5, 5.41) is 3.95. The highest BCUT2D eigenvalue weighted by atomic mass is 79.9. The summed E-state index contributed by atoms with van der Waals surface area (Å²) in [6.07, 6.45) is 0.590. The third kappa shape index (κ3) is 3.86. The first-order valence-corrected chi connectivity index (χ1v) is 7.33. The standard InChI is InChI=1S/C14H14BrFN4O3/c1-9-11(15)3-2-4-12(9)19-8-18-20(14(19)22)6-10(5-16)7-23-13(17)21/h2-5,8H,6-7H2,1H3,(H2,17,21)/b10-5+. The molecule has 1 amide bonds. The number of nitrogens with two attached hydrogens (primary N) is 1. The van der Waals surface area contributed by atoms with Gasteiger partial charge in [-0.15, -0.1) is 0 Å². The van der Waals surface area contributed by atoms with Crippen molar-refractivity contribution in [2.45, 2.75) is 13.5 Å². The Hall–Kier alpha value is -2.42. The van der Waals surface area contributed by atoms with Crippen molar-refractivity contribution in [3.8, 4) is 5.69 Å². The Morgan fingerprint density at radius 3 is 2.91 bits per heavy atom. The zero-order valence-electron chi connectivity index (χ0n) is 12.2. The van der Waals surface area contributed by atoms with Crippen molar-refractivity contribution in [1.82, 2.24) is 14.3 Å². The summed E-state index contributed by atoms with van der Waals surface area (Å²) in [5.74, 6) is 0. The maximum atomic E-state index is 12.8. The Morgan fingerprint density at radius 1 is 1.52 bits per heavy atom. The number of carbonyl (C=O) groups is 1. The number of primary amides is 1. The van der Waals surface area contributed by atoms with E-state index in [0.717, 1.165) is 14.7 Å². The molecule has 0 fully saturated rings. The van der Waals surface area contributed by atoms with E-state index >= 15 is 0 Å². The minimum Gasteiger partial charge on any atom is -0.445 e. The lowest BCUT2D eigenvalue weighted by Crippen LogP contribution is -2.26. The van der Waals surface area contributed by atoms with Gasteiger partial charge in [0.2, 0.25) is 0 Å². The average molecular weight is 385 g/mol. The number of rotatable bonds is 5. The van der Waals surface area contributed by atoms with Gasteiger partial charge < -0.3 is 10.5 Å². The van der Waals surface area contributed by atoms with Gasteiger partial charge in [0.15, 0.2) is 0 Å². The number of carbonyl (C=O) groups excluding carboxylic acids is 1. The molecule has 1 aromatic heterocycles. The number of ether oxygens (including phenoxy) is 1. The van der Waals surface area contributed by atoms with Crippen LogP contribution in [0, 0.1) is 6.92 Å². The molecule has 7 nitrogen and oxygen atoms in total. The molecular weight excluding hydrogens is 371 g/mol. The maximum Gasteiger partial charge on any atom is 0.404 e. The molecule has 122 valence electrons. The quantitative estimate of drug-likeness (QED) is 0.853. The first-order valence-electron chi connectivity index (χ1n) is 6.54. The van der Waals surface area contributed by atoms with Gasteiger partial charge in [0.05, 0.1) is 18.6 Å². The third-order valence-corrected chi connectivity index (χ3v) is 4.00. The number of hydrogen-bond acceptors (Lipinski definition) is 4. The first-order chi connectivity index (χ1) is 10.9. The zero-order valence-corrected chi connectivity index (χ0v) is 13.8. The molecule has 2 aromatic rings. The van der Waals surface area contributed by atoms with E-state index in [4.69, 9.17) is 5.73 Å². The first kappa shape index (κ1) is 16.9. The van der Waals surface area contributed by atoms with E-state index in [1.807, 2.05) is 13.0 Å². The molecule has 9 heteroatoms. The van der Waals surface area contributed by atoms with Gasteiger partial charge in [0.25, 0.3) is 0 Å². The van der Waals surface area contributed by atoms with E-state index in [-0.39, 0.29) is 25.1 Å². The van der Waals surface area contributed by atoms with Gasteiger partial charge in [-0.2, -0.15) is 5.10 Å². The Labute approximate surface area is 139 Å². The van der Waals surface area contributed by atoms with Crippen LogP contribution in [-0.4, -0.2) is 27.0 Å². The van der Waals surface area contributed by atoms with Gasteiger partial charge in [-0.05, 0) is 24.6 Å². The fourth-order valence-corrected chi connectivity index (χ4v) is 2.29. The Bertz CT molecular complexity index is 813. The number of aromatic nitrogens is 3. The largest absolute Gasteiger partial charge is 0.445 e. The van der Waals surface area contributed by atoms with Gasteiger partial charge >= 0.3 is 11.8 Å². The highest BCUT2D eigenvalue weighted by molar-refractivity contribution is 9.10. The number of nitrogens with zero attached hydrogens (tertiary/aromatic N) is 3. The van der Waals surface area contributed by atoms with Crippen LogP contribution in [0.4, 0.5) is 9.18 Å². The van der Waals surface area contributed by atoms with Crippen molar-refractivity contribution in [3.05, 3.63) is 56.9 Å². The Balaban J connectivity index is 2.28. The molecule has 0 saturated heterocycles. The molecule has 0 saturated carbocycles. The highest BCUT2D eigenvalue weighted by Gasteiger charge is 2.12. The molecule has 0 aliphatic carbocycles. The number of amides is 1. The van der Waals surface area contributed by atoms with Crippen molar-refractivity contribution in [2.24, 2.45) is 5.73 Å². The predicted molar refractivity (Wildman–Crippen MR) is 85.0 cm³/mol. The van der Waals surface area contributed by atoms with Crippen LogP contribution in [-0.2, 0) is 11.3 Å². The van der Waals surface area contributed by atoms with Gasteiger partial charge in [0, 0.05) is 10.0 Å². The van der Waals surface area contributed by atoms with E-state index < -0.39 is 11.8 Å². The third-order valence-electron chi connectivity index (χ3n) is 3.14. The van der Waals surface area contributed by atoms with Crippen molar-refractivity contribution in [3.63, 3.8) is 0 Å². The van der Waals surface area contributed by atoms with Gasteiger partial charge in [0.1, 0.15) is 12.9 Å². The SMILES string of the molecule is Cc1c(Br)cccc1-n1cnn(C/C(=C\F)COC(N)=O)c1=O. The molecule has 2 rings (SSSR count). The fourth-order valence-electron chi connectivity index (χ4n) is 1.94. The van der Waals surface area contributed by atoms with E-state index in [2.05, 4.69) is 25.8 Å². The molecule has 0 spiro atoms. The van der Waals surface area contributed by atoms with Crippen molar-refractivity contribution < 1.29 is 13.9 Å². The molecule has 0 aliphatic heterocycles. The fraction of sp³-hybridized carbons (Fsp3) is 0.214. The van der Waals surface area contributed by atoms with Crippen LogP contribution >= 0.6 is 15.9 Å². The lowest BCUT2D eigenvalue weighted by atomic mass is 10.2. The number of halogens is 2. The summed E-state index contributed by atoms with van der Waals surface area (Å²) in [5.41, 5.74) is 5.97. The maximum absolute atomic E-state index is 12.8. The summed E-state index contributed by atoms with van der Waals surface area (Å²) < 4.78 is 20.6. The predicted octanol–water partition coefficient (Wildman–Crippen LogP) is 2.05. The molecule has 1 heterocycles. The summed E-state index contributed by atoms with van der Waals surface area (Å²) in [6.45, 7) is 1.36. The molecular formula is C14H14BrFN4O3. The number of hydrogen-bond donors (Lipinski definition) is 1. The van der Waals surface area contributed by atoms with Gasteiger partial charge in [-0.3, -0.25) is 0 Å². The zero-order chi connectivity index (χ0) is 17.0. The smallest absolute Gasteiger partial charge is 0.404 e. The minimum atomic E-state index is -1.02. The topological polar surface area (TPSA) is 92.1 Å². The molecule has 0 aliphatic rings. The Kier molecular flexibility index (Phi) is 5.32. The summed E-state index contributed by atoms with van der Waals surface area (Å²) in [4.78, 5) is 22.9. The van der Waals surface area contributed by atoms with Crippen molar-refractivity contribution in [1.29, 1.82) is 0 Å². The second kappa shape index (κ2) is 7.23. The molecule has 2 N–H and O–H groups in total. The summed E-state index contributed by atoms with van der Waals surface area (Å²) >= 11 is 3.40. The van der Waals surface area contributed by atoms with E-state index in [9.17, 15) is 14.0 Å². The van der Waals surface area contributed by atoms with Gasteiger partial charge in [-0.1, -0.05) is 22.0 Å². The molecule has 0 bridgehead atoms. The lowest BCUT2D eigenvalue weighted by molar-refractivity contribution is 0.164. The molecule has 0 radical (unpaired) electrons. The van der Waals surface area contributed by atoms with Crippen LogP contribution in [0.25, 0.3) is 5.69 Å². The van der Waals surface area contributed by atoms with Crippen LogP contribution in [0.2, 0.25) is 0 Å². The van der Waals surface area contributed by atoms with Crippen LogP contribution in [0.1, 0.15) is 5.56 Å². The molecule has 1 aromatic carbocycles. The van der Waals surface area contributed by atoms with Crippen LogP contribution in [0.5, 0.6) is 0 Å². The minimum absolute atomic E-state index is 0.0575. The van der Waals surface area contributed by atoms with Crippen molar-refractivity contribution >= 4 is 22.0 Å². The molecule has 0 unspecified atom stereocenters. The summed E-state index contributed by atoms with van der Waals surface area (Å²) in [7, 11) is 0. The Morgan fingerprint density at radius 2 is 2.26 bits per heavy atom. The summed E-state index contributed by atoms with van der Waals surface area (Å²) in [6, 6.07) is 5.43.